The lowest BCUT2D eigenvalue weighted by molar-refractivity contribution is 0.410. The van der Waals surface area contributed by atoms with E-state index in [1.165, 1.54) is 17.5 Å². The quantitative estimate of drug-likeness (QED) is 0.850. The number of hydrogen-bond donors (Lipinski definition) is 2. The zero-order chi connectivity index (χ0) is 17.9. The van der Waals surface area contributed by atoms with Crippen LogP contribution in [0.1, 0.15) is 25.3 Å². The van der Waals surface area contributed by atoms with Crippen molar-refractivity contribution < 1.29 is 18.3 Å². The first-order valence-electron chi connectivity index (χ1n) is 8.27. The Hall–Kier alpha value is -2.47. The monoisotopic (exact) mass is 359 g/mol. The zero-order valence-electron chi connectivity index (χ0n) is 14.0. The molecule has 0 bridgehead atoms. The molecule has 0 aliphatic carbocycles. The summed E-state index contributed by atoms with van der Waals surface area (Å²) in [6.07, 6.45) is 2.53. The molecule has 3 rings (SSSR count). The summed E-state index contributed by atoms with van der Waals surface area (Å²) in [6, 6.07) is 11.4. The van der Waals surface area contributed by atoms with Gasteiger partial charge in [0.2, 0.25) is 9.84 Å². The second kappa shape index (κ2) is 7.19. The van der Waals surface area contributed by atoms with Crippen molar-refractivity contribution in [2.75, 3.05) is 6.54 Å². The Labute approximate surface area is 147 Å². The minimum absolute atomic E-state index is 0.0630. The molecule has 1 heterocycles. The largest absolute Gasteiger partial charge is 0.504 e. The fourth-order valence-corrected chi connectivity index (χ4v) is 3.89. The zero-order valence-corrected chi connectivity index (χ0v) is 14.8. The third-order valence-corrected chi connectivity index (χ3v) is 5.61. The number of ether oxygens (including phenoxy) is 1. The summed E-state index contributed by atoms with van der Waals surface area (Å²) >= 11 is 0. The van der Waals surface area contributed by atoms with Crippen LogP contribution in [0.3, 0.4) is 0 Å². The number of nitrogens with one attached hydrogen (secondary N) is 1. The maximum atomic E-state index is 12.4. The van der Waals surface area contributed by atoms with Crippen LogP contribution in [0.25, 0.3) is 0 Å². The smallest absolute Gasteiger partial charge is 0.201 e. The van der Waals surface area contributed by atoms with Crippen LogP contribution in [0.15, 0.2) is 58.5 Å². The van der Waals surface area contributed by atoms with E-state index in [9.17, 15) is 13.5 Å². The average molecular weight is 359 g/mol. The van der Waals surface area contributed by atoms with Crippen LogP contribution in [0.4, 0.5) is 0 Å². The van der Waals surface area contributed by atoms with Gasteiger partial charge in [0.25, 0.3) is 0 Å². The van der Waals surface area contributed by atoms with E-state index in [-0.39, 0.29) is 10.6 Å². The molecule has 25 heavy (non-hydrogen) atoms. The molecule has 6 heteroatoms. The number of hydrogen-bond acceptors (Lipinski definition) is 5. The number of rotatable bonds is 5. The normalized spacial score (nSPS) is 16.0. The van der Waals surface area contributed by atoms with Crippen LogP contribution >= 0.6 is 0 Å². The van der Waals surface area contributed by atoms with E-state index in [2.05, 4.69) is 5.32 Å². The van der Waals surface area contributed by atoms with Gasteiger partial charge in [-0.25, -0.2) is 8.42 Å². The number of aromatic hydroxyl groups is 1. The number of phenolic OH excluding ortho intramolecular Hbond substituents is 1. The molecule has 1 aliphatic rings. The summed E-state index contributed by atoms with van der Waals surface area (Å²) in [4.78, 5) is 0.214. The Morgan fingerprint density at radius 1 is 1.20 bits per heavy atom. The molecular weight excluding hydrogens is 338 g/mol. The van der Waals surface area contributed by atoms with Crippen LogP contribution in [0.2, 0.25) is 0 Å². The van der Waals surface area contributed by atoms with E-state index in [1.54, 1.807) is 24.3 Å². The summed E-state index contributed by atoms with van der Waals surface area (Å²) in [6.45, 7) is 2.82. The van der Waals surface area contributed by atoms with Gasteiger partial charge in [0.15, 0.2) is 11.5 Å². The van der Waals surface area contributed by atoms with Crippen molar-refractivity contribution in [2.45, 2.75) is 31.1 Å². The molecule has 2 aromatic carbocycles. The van der Waals surface area contributed by atoms with E-state index in [0.717, 1.165) is 37.1 Å². The Bertz CT molecular complexity index is 878. The minimum atomic E-state index is -3.48. The van der Waals surface area contributed by atoms with E-state index < -0.39 is 9.84 Å². The van der Waals surface area contributed by atoms with Crippen LogP contribution < -0.4 is 10.1 Å². The Kier molecular flexibility index (Phi) is 4.99. The standard InChI is InChI=1S/C19H21NO4S/c1-2-14-5-10-19(18(21)12-14)24-16-6-8-17(9-7-16)25(22,23)13-15-4-3-11-20-15/h5-10,12-13,20-21H,2-4,11H2,1H3/b15-13+. The number of benzene rings is 2. The van der Waals surface area contributed by atoms with Crippen LogP contribution in [-0.2, 0) is 16.3 Å². The van der Waals surface area contributed by atoms with Crippen molar-refractivity contribution >= 4 is 9.84 Å². The van der Waals surface area contributed by atoms with Gasteiger partial charge in [0.1, 0.15) is 5.75 Å². The van der Waals surface area contributed by atoms with Crippen molar-refractivity contribution in [1.82, 2.24) is 5.32 Å². The van der Waals surface area contributed by atoms with Gasteiger partial charge < -0.3 is 15.2 Å². The van der Waals surface area contributed by atoms with Gasteiger partial charge >= 0.3 is 0 Å². The number of allylic oxidation sites excluding steroid dienone is 1. The molecule has 1 aliphatic heterocycles. The molecule has 0 radical (unpaired) electrons. The van der Waals surface area contributed by atoms with E-state index >= 15 is 0 Å². The third kappa shape index (κ3) is 4.14. The summed E-state index contributed by atoms with van der Waals surface area (Å²) < 4.78 is 30.4. The van der Waals surface area contributed by atoms with Gasteiger partial charge in [0, 0.05) is 12.2 Å². The molecule has 5 nitrogen and oxygen atoms in total. The molecule has 0 amide bonds. The highest BCUT2D eigenvalue weighted by molar-refractivity contribution is 7.94. The molecule has 0 saturated carbocycles. The minimum Gasteiger partial charge on any atom is -0.504 e. The van der Waals surface area contributed by atoms with Crippen molar-refractivity contribution in [2.24, 2.45) is 0 Å². The highest BCUT2D eigenvalue weighted by Crippen LogP contribution is 2.32. The number of sulfone groups is 1. The van der Waals surface area contributed by atoms with Crippen molar-refractivity contribution in [3.8, 4) is 17.2 Å². The van der Waals surface area contributed by atoms with Crippen molar-refractivity contribution in [3.63, 3.8) is 0 Å². The van der Waals surface area contributed by atoms with Gasteiger partial charge in [0.05, 0.1) is 10.3 Å². The molecular formula is C19H21NO4S. The first kappa shape index (κ1) is 17.4. The first-order chi connectivity index (χ1) is 12.0. The Morgan fingerprint density at radius 3 is 2.56 bits per heavy atom. The Balaban J connectivity index is 1.77. The lowest BCUT2D eigenvalue weighted by Gasteiger charge is -2.09. The lowest BCUT2D eigenvalue weighted by Crippen LogP contribution is -2.06. The van der Waals surface area contributed by atoms with Crippen LogP contribution in [0.5, 0.6) is 17.2 Å². The molecule has 1 fully saturated rings. The van der Waals surface area contributed by atoms with Gasteiger partial charge in [-0.1, -0.05) is 13.0 Å². The molecule has 0 atom stereocenters. The number of aryl methyl sites for hydroxylation is 1. The third-order valence-electron chi connectivity index (χ3n) is 4.08. The van der Waals surface area contributed by atoms with Crippen LogP contribution in [-0.4, -0.2) is 20.1 Å². The summed E-state index contributed by atoms with van der Waals surface area (Å²) in [7, 11) is -3.48. The first-order valence-corrected chi connectivity index (χ1v) is 9.82. The van der Waals surface area contributed by atoms with Crippen molar-refractivity contribution in [3.05, 3.63) is 59.1 Å². The second-order valence-corrected chi connectivity index (χ2v) is 7.74. The van der Waals surface area contributed by atoms with Gasteiger partial charge in [-0.05, 0) is 61.2 Å². The summed E-state index contributed by atoms with van der Waals surface area (Å²) in [5, 5.41) is 14.4. The van der Waals surface area contributed by atoms with Gasteiger partial charge in [-0.15, -0.1) is 0 Å². The summed E-state index contributed by atoms with van der Waals surface area (Å²) in [5.41, 5.74) is 1.76. The molecule has 0 aromatic heterocycles. The van der Waals surface area contributed by atoms with Crippen molar-refractivity contribution in [1.29, 1.82) is 0 Å². The predicted octanol–water partition coefficient (Wildman–Crippen LogP) is 3.75. The fourth-order valence-electron chi connectivity index (χ4n) is 2.67. The molecule has 0 unspecified atom stereocenters. The summed E-state index contributed by atoms with van der Waals surface area (Å²) in [5.74, 6) is 0.864. The molecule has 2 N–H and O–H groups in total. The molecule has 2 aromatic rings. The maximum absolute atomic E-state index is 12.4. The fraction of sp³-hybridized carbons (Fsp3) is 0.263. The van der Waals surface area contributed by atoms with E-state index in [4.69, 9.17) is 4.74 Å². The van der Waals surface area contributed by atoms with Gasteiger partial charge in [-0.2, -0.15) is 0 Å². The molecule has 0 spiro atoms. The topological polar surface area (TPSA) is 75.6 Å². The number of phenols is 1. The predicted molar refractivity (Wildman–Crippen MR) is 96.5 cm³/mol. The van der Waals surface area contributed by atoms with Gasteiger partial charge in [-0.3, -0.25) is 0 Å². The highest BCUT2D eigenvalue weighted by Gasteiger charge is 2.15. The highest BCUT2D eigenvalue weighted by atomic mass is 32.2. The van der Waals surface area contributed by atoms with Crippen LogP contribution in [0, 0.1) is 0 Å². The maximum Gasteiger partial charge on any atom is 0.201 e. The molecule has 1 saturated heterocycles. The lowest BCUT2D eigenvalue weighted by atomic mass is 10.1. The Morgan fingerprint density at radius 2 is 1.96 bits per heavy atom. The molecule has 132 valence electrons. The average Bonchev–Trinajstić information content (AvgIpc) is 3.09. The van der Waals surface area contributed by atoms with E-state index in [0.29, 0.717) is 11.5 Å². The SMILES string of the molecule is CCc1ccc(Oc2ccc(S(=O)(=O)/C=C3\CCCN3)cc2)c(O)c1. The second-order valence-electron chi connectivity index (χ2n) is 5.95. The van der Waals surface area contributed by atoms with E-state index in [1.807, 2.05) is 13.0 Å².